The Bertz CT molecular complexity index is 455. The highest BCUT2D eigenvalue weighted by Crippen LogP contribution is 2.08. The van der Waals surface area contributed by atoms with Crippen LogP contribution in [0.3, 0.4) is 0 Å². The first-order valence-corrected chi connectivity index (χ1v) is 5.55. The van der Waals surface area contributed by atoms with Gasteiger partial charge in [-0.1, -0.05) is 6.07 Å². The first kappa shape index (κ1) is 17.3. The van der Waals surface area contributed by atoms with Gasteiger partial charge in [0.2, 0.25) is 5.91 Å². The third-order valence-corrected chi connectivity index (χ3v) is 2.35. The number of amides is 2. The standard InChI is InChI=1S/C12H16FN3O2.ClH/c1-8-2-3-9(6-10(8)13)12(18)16-5-4-15-11(17)7-14;/h2-3,6H,4-5,7,14H2,1H3,(H,15,17)(H,16,18);1H. The van der Waals surface area contributed by atoms with Crippen LogP contribution in [0.25, 0.3) is 0 Å². The lowest BCUT2D eigenvalue weighted by molar-refractivity contribution is -0.119. The monoisotopic (exact) mass is 289 g/mol. The molecule has 0 aliphatic heterocycles. The van der Waals surface area contributed by atoms with Gasteiger partial charge in [-0.05, 0) is 24.6 Å². The first-order chi connectivity index (χ1) is 8.54. The Morgan fingerprint density at radius 3 is 2.47 bits per heavy atom. The molecule has 1 aromatic carbocycles. The van der Waals surface area contributed by atoms with Gasteiger partial charge in [-0.2, -0.15) is 0 Å². The predicted octanol–water partition coefficient (Wildman–Crippen LogP) is 0.361. The van der Waals surface area contributed by atoms with Crippen LogP contribution in [0.4, 0.5) is 4.39 Å². The van der Waals surface area contributed by atoms with Crippen molar-refractivity contribution in [2.75, 3.05) is 19.6 Å². The molecule has 1 aromatic rings. The number of carbonyl (C=O) groups excluding carboxylic acids is 2. The van der Waals surface area contributed by atoms with E-state index in [-0.39, 0.29) is 49.4 Å². The van der Waals surface area contributed by atoms with Crippen LogP contribution in [0, 0.1) is 12.7 Å². The molecule has 0 atom stereocenters. The quantitative estimate of drug-likeness (QED) is 0.684. The van der Waals surface area contributed by atoms with E-state index < -0.39 is 5.82 Å². The van der Waals surface area contributed by atoms with Crippen LogP contribution >= 0.6 is 12.4 Å². The molecule has 106 valence electrons. The normalized spacial score (nSPS) is 9.42. The second kappa shape index (κ2) is 8.44. The molecule has 0 saturated carbocycles. The molecule has 5 nitrogen and oxygen atoms in total. The molecule has 0 fully saturated rings. The maximum atomic E-state index is 13.2. The minimum absolute atomic E-state index is 0. The van der Waals surface area contributed by atoms with Crippen molar-refractivity contribution in [1.29, 1.82) is 0 Å². The summed E-state index contributed by atoms with van der Waals surface area (Å²) in [4.78, 5) is 22.4. The highest BCUT2D eigenvalue weighted by Gasteiger charge is 2.07. The fourth-order valence-corrected chi connectivity index (χ4v) is 1.29. The van der Waals surface area contributed by atoms with E-state index >= 15 is 0 Å². The van der Waals surface area contributed by atoms with Crippen molar-refractivity contribution in [2.24, 2.45) is 5.73 Å². The SMILES string of the molecule is Cc1ccc(C(=O)NCCNC(=O)CN)cc1F.Cl. The third kappa shape index (κ3) is 5.67. The lowest BCUT2D eigenvalue weighted by Crippen LogP contribution is -2.37. The molecular weight excluding hydrogens is 273 g/mol. The fourth-order valence-electron chi connectivity index (χ4n) is 1.29. The lowest BCUT2D eigenvalue weighted by atomic mass is 10.1. The van der Waals surface area contributed by atoms with Crippen molar-refractivity contribution < 1.29 is 14.0 Å². The molecular formula is C12H17ClFN3O2. The van der Waals surface area contributed by atoms with Gasteiger partial charge >= 0.3 is 0 Å². The van der Waals surface area contributed by atoms with Gasteiger partial charge in [0.05, 0.1) is 6.54 Å². The molecule has 0 aromatic heterocycles. The Kier molecular flexibility index (Phi) is 7.71. The Balaban J connectivity index is 0.00000324. The maximum Gasteiger partial charge on any atom is 0.251 e. The van der Waals surface area contributed by atoms with E-state index in [1.54, 1.807) is 19.1 Å². The van der Waals surface area contributed by atoms with Crippen molar-refractivity contribution in [2.45, 2.75) is 6.92 Å². The van der Waals surface area contributed by atoms with Crippen LogP contribution in [0.5, 0.6) is 0 Å². The highest BCUT2D eigenvalue weighted by molar-refractivity contribution is 5.94. The van der Waals surface area contributed by atoms with Gasteiger partial charge in [0, 0.05) is 18.7 Å². The molecule has 4 N–H and O–H groups in total. The number of rotatable bonds is 5. The number of carbonyl (C=O) groups is 2. The zero-order valence-corrected chi connectivity index (χ0v) is 11.3. The van der Waals surface area contributed by atoms with E-state index in [2.05, 4.69) is 10.6 Å². The molecule has 0 aliphatic carbocycles. The van der Waals surface area contributed by atoms with Crippen LogP contribution in [0.15, 0.2) is 18.2 Å². The van der Waals surface area contributed by atoms with Gasteiger partial charge < -0.3 is 16.4 Å². The average Bonchev–Trinajstić information content (AvgIpc) is 2.37. The highest BCUT2D eigenvalue weighted by atomic mass is 35.5. The van der Waals surface area contributed by atoms with E-state index in [9.17, 15) is 14.0 Å². The number of halogens is 2. The minimum atomic E-state index is -0.418. The molecule has 7 heteroatoms. The molecule has 0 bridgehead atoms. The van der Waals surface area contributed by atoms with Gasteiger partial charge in [0.15, 0.2) is 0 Å². The summed E-state index contributed by atoms with van der Waals surface area (Å²) in [5, 5.41) is 5.07. The Hall–Kier alpha value is -1.66. The average molecular weight is 290 g/mol. The van der Waals surface area contributed by atoms with Crippen molar-refractivity contribution >= 4 is 24.2 Å². The van der Waals surface area contributed by atoms with Gasteiger partial charge in [0.25, 0.3) is 5.91 Å². The van der Waals surface area contributed by atoms with E-state index in [1.807, 2.05) is 0 Å². The second-order valence-corrected chi connectivity index (χ2v) is 3.77. The van der Waals surface area contributed by atoms with Crippen molar-refractivity contribution in [3.05, 3.63) is 35.1 Å². The summed E-state index contributed by atoms with van der Waals surface area (Å²) in [5.41, 5.74) is 5.84. The summed E-state index contributed by atoms with van der Waals surface area (Å²) >= 11 is 0. The van der Waals surface area contributed by atoms with E-state index in [1.165, 1.54) is 6.07 Å². The summed E-state index contributed by atoms with van der Waals surface area (Å²) in [7, 11) is 0. The Morgan fingerprint density at radius 2 is 1.89 bits per heavy atom. The predicted molar refractivity (Wildman–Crippen MR) is 72.8 cm³/mol. The van der Waals surface area contributed by atoms with Gasteiger partial charge in [-0.3, -0.25) is 9.59 Å². The van der Waals surface area contributed by atoms with Crippen LogP contribution in [0.2, 0.25) is 0 Å². The number of hydrogen-bond donors (Lipinski definition) is 3. The van der Waals surface area contributed by atoms with Gasteiger partial charge in [0.1, 0.15) is 5.82 Å². The largest absolute Gasteiger partial charge is 0.353 e. The minimum Gasteiger partial charge on any atom is -0.353 e. The molecule has 0 saturated heterocycles. The third-order valence-electron chi connectivity index (χ3n) is 2.35. The van der Waals surface area contributed by atoms with Gasteiger partial charge in [-0.15, -0.1) is 12.4 Å². The van der Waals surface area contributed by atoms with Crippen LogP contribution < -0.4 is 16.4 Å². The second-order valence-electron chi connectivity index (χ2n) is 3.77. The number of benzene rings is 1. The Morgan fingerprint density at radius 1 is 1.26 bits per heavy atom. The summed E-state index contributed by atoms with van der Waals surface area (Å²) in [6, 6.07) is 4.27. The number of hydrogen-bond acceptors (Lipinski definition) is 3. The molecule has 0 unspecified atom stereocenters. The Labute approximate surface area is 117 Å². The van der Waals surface area contributed by atoms with E-state index in [0.717, 1.165) is 0 Å². The fraction of sp³-hybridized carbons (Fsp3) is 0.333. The summed E-state index contributed by atoms with van der Waals surface area (Å²) in [6.07, 6.45) is 0. The molecule has 2 amide bonds. The lowest BCUT2D eigenvalue weighted by Gasteiger charge is -2.07. The molecule has 1 rings (SSSR count). The molecule has 0 radical (unpaired) electrons. The summed E-state index contributed by atoms with van der Waals surface area (Å²) in [5.74, 6) is -1.08. The number of nitrogens with two attached hydrogens (primary N) is 1. The first-order valence-electron chi connectivity index (χ1n) is 5.55. The van der Waals surface area contributed by atoms with Crippen LogP contribution in [-0.4, -0.2) is 31.4 Å². The van der Waals surface area contributed by atoms with Crippen molar-refractivity contribution in [1.82, 2.24) is 10.6 Å². The van der Waals surface area contributed by atoms with Crippen LogP contribution in [0.1, 0.15) is 15.9 Å². The number of nitrogens with one attached hydrogen (secondary N) is 2. The molecule has 0 heterocycles. The smallest absolute Gasteiger partial charge is 0.251 e. The molecule has 19 heavy (non-hydrogen) atoms. The van der Waals surface area contributed by atoms with E-state index in [0.29, 0.717) is 5.56 Å². The molecule has 0 spiro atoms. The van der Waals surface area contributed by atoms with Crippen molar-refractivity contribution in [3.8, 4) is 0 Å². The summed E-state index contributed by atoms with van der Waals surface area (Å²) in [6.45, 7) is 2.09. The van der Waals surface area contributed by atoms with Crippen LogP contribution in [-0.2, 0) is 4.79 Å². The van der Waals surface area contributed by atoms with E-state index in [4.69, 9.17) is 5.73 Å². The molecule has 0 aliphatic rings. The van der Waals surface area contributed by atoms with Gasteiger partial charge in [-0.25, -0.2) is 4.39 Å². The number of aryl methyl sites for hydroxylation is 1. The zero-order chi connectivity index (χ0) is 13.5. The van der Waals surface area contributed by atoms with Crippen molar-refractivity contribution in [3.63, 3.8) is 0 Å². The zero-order valence-electron chi connectivity index (χ0n) is 10.5. The topological polar surface area (TPSA) is 84.2 Å². The summed E-state index contributed by atoms with van der Waals surface area (Å²) < 4.78 is 13.2. The maximum absolute atomic E-state index is 13.2.